The Kier molecular flexibility index (Phi) is 6.42. The molecule has 7 heteroatoms. The first-order chi connectivity index (χ1) is 8.06. The van der Waals surface area contributed by atoms with E-state index in [4.69, 9.17) is 0 Å². The summed E-state index contributed by atoms with van der Waals surface area (Å²) in [7, 11) is -1.67. The zero-order chi connectivity index (χ0) is 12.7. The van der Waals surface area contributed by atoms with Gasteiger partial charge in [-0.1, -0.05) is 35.4 Å². The zero-order valence-corrected chi connectivity index (χ0v) is 12.9. The van der Waals surface area contributed by atoms with Crippen LogP contribution in [0.4, 0.5) is 0 Å². The third kappa shape index (κ3) is 5.35. The van der Waals surface area contributed by atoms with E-state index in [0.29, 0.717) is 6.54 Å². The molecule has 1 rings (SSSR count). The van der Waals surface area contributed by atoms with Crippen LogP contribution in [0.25, 0.3) is 0 Å². The molecule has 0 saturated heterocycles. The third-order valence-corrected chi connectivity index (χ3v) is 4.52. The van der Waals surface area contributed by atoms with Crippen LogP contribution in [0.2, 0.25) is 0 Å². The largest absolute Gasteiger partial charge is 0.274 e. The molecule has 1 heterocycles. The van der Waals surface area contributed by atoms with Gasteiger partial charge in [0, 0.05) is 19.8 Å². The molecule has 0 aromatic carbocycles. The van der Waals surface area contributed by atoms with Gasteiger partial charge in [0.15, 0.2) is 0 Å². The second-order valence-corrected chi connectivity index (χ2v) is 6.70. The number of aryl methyl sites for hydroxylation is 1. The maximum Gasteiger partial charge on any atom is 0.243 e. The van der Waals surface area contributed by atoms with Crippen molar-refractivity contribution in [1.82, 2.24) is 14.5 Å². The first kappa shape index (κ1) is 14.9. The molecule has 0 spiro atoms. The average Bonchev–Trinajstić information content (AvgIpc) is 2.71. The number of nitrogens with one attached hydrogen (secondary N) is 1. The summed E-state index contributed by atoms with van der Waals surface area (Å²) in [5.41, 5.74) is 0. The van der Waals surface area contributed by atoms with Gasteiger partial charge >= 0.3 is 0 Å². The average molecular weight is 371 g/mol. The fourth-order valence-corrected chi connectivity index (χ4v) is 3.00. The van der Waals surface area contributed by atoms with Crippen molar-refractivity contribution >= 4 is 32.6 Å². The van der Waals surface area contributed by atoms with Gasteiger partial charge < -0.3 is 0 Å². The van der Waals surface area contributed by atoms with Crippen LogP contribution < -0.4 is 4.72 Å². The van der Waals surface area contributed by atoms with E-state index in [1.807, 2.05) is 0 Å². The van der Waals surface area contributed by atoms with Gasteiger partial charge in [-0.2, -0.15) is 5.10 Å². The Morgan fingerprint density at radius 2 is 2.06 bits per heavy atom. The quantitative estimate of drug-likeness (QED) is 0.430. The molecule has 1 aromatic rings. The number of rotatable bonds is 8. The minimum atomic E-state index is -3.37. The smallest absolute Gasteiger partial charge is 0.243 e. The Balaban J connectivity index is 2.31. The van der Waals surface area contributed by atoms with Crippen molar-refractivity contribution in [1.29, 1.82) is 0 Å². The van der Waals surface area contributed by atoms with Crippen LogP contribution in [-0.2, 0) is 17.1 Å². The molecule has 0 amide bonds. The number of unbranched alkanes of at least 4 members (excludes halogenated alkanes) is 3. The summed E-state index contributed by atoms with van der Waals surface area (Å²) in [5, 5.41) is 3.85. The number of hydrogen-bond donors (Lipinski definition) is 1. The van der Waals surface area contributed by atoms with Crippen molar-refractivity contribution in [2.45, 2.75) is 30.6 Å². The number of sulfonamides is 1. The standard InChI is InChI=1S/C10H18IN3O2S/c1-14-9-10(8-12-14)17(15,16)13-7-5-3-2-4-6-11/h8-9,13H,2-7H2,1H3. The van der Waals surface area contributed by atoms with Crippen molar-refractivity contribution in [2.24, 2.45) is 7.05 Å². The lowest BCUT2D eigenvalue weighted by Crippen LogP contribution is -2.24. The minimum Gasteiger partial charge on any atom is -0.274 e. The van der Waals surface area contributed by atoms with Gasteiger partial charge in [0.1, 0.15) is 4.90 Å². The van der Waals surface area contributed by atoms with E-state index in [9.17, 15) is 8.42 Å². The molecular formula is C10H18IN3O2S. The van der Waals surface area contributed by atoms with E-state index < -0.39 is 10.0 Å². The maximum atomic E-state index is 11.8. The van der Waals surface area contributed by atoms with E-state index in [1.54, 1.807) is 7.05 Å². The van der Waals surface area contributed by atoms with E-state index >= 15 is 0 Å². The van der Waals surface area contributed by atoms with Crippen LogP contribution in [0, 0.1) is 0 Å². The van der Waals surface area contributed by atoms with Crippen molar-refractivity contribution in [3.8, 4) is 0 Å². The van der Waals surface area contributed by atoms with Crippen LogP contribution >= 0.6 is 22.6 Å². The summed E-state index contributed by atoms with van der Waals surface area (Å²) in [5.74, 6) is 0. The Morgan fingerprint density at radius 3 is 2.65 bits per heavy atom. The summed E-state index contributed by atoms with van der Waals surface area (Å²) in [6.07, 6.45) is 7.18. The zero-order valence-electron chi connectivity index (χ0n) is 9.89. The molecule has 1 aromatic heterocycles. The van der Waals surface area contributed by atoms with Gasteiger partial charge in [0.25, 0.3) is 0 Å². The van der Waals surface area contributed by atoms with Gasteiger partial charge in [-0.25, -0.2) is 13.1 Å². The number of alkyl halides is 1. The SMILES string of the molecule is Cn1cc(S(=O)(=O)NCCCCCCI)cn1. The Morgan fingerprint density at radius 1 is 1.35 bits per heavy atom. The summed E-state index contributed by atoms with van der Waals surface area (Å²) in [6.45, 7) is 0.498. The number of halogens is 1. The molecule has 0 aliphatic rings. The summed E-state index contributed by atoms with van der Waals surface area (Å²) < 4.78 is 28.8. The summed E-state index contributed by atoms with van der Waals surface area (Å²) >= 11 is 2.35. The highest BCUT2D eigenvalue weighted by atomic mass is 127. The number of aromatic nitrogens is 2. The molecule has 0 aliphatic carbocycles. The van der Waals surface area contributed by atoms with E-state index in [2.05, 4.69) is 32.4 Å². The monoisotopic (exact) mass is 371 g/mol. The predicted octanol–water partition coefficient (Wildman–Crippen LogP) is 1.69. The van der Waals surface area contributed by atoms with Gasteiger partial charge in [0.2, 0.25) is 10.0 Å². The Labute approximate surface area is 116 Å². The van der Waals surface area contributed by atoms with Crippen LogP contribution in [0.5, 0.6) is 0 Å². The van der Waals surface area contributed by atoms with E-state index in [-0.39, 0.29) is 4.90 Å². The van der Waals surface area contributed by atoms with E-state index in [1.165, 1.54) is 27.9 Å². The molecule has 0 saturated carbocycles. The van der Waals surface area contributed by atoms with Gasteiger partial charge in [-0.3, -0.25) is 4.68 Å². The van der Waals surface area contributed by atoms with E-state index in [0.717, 1.165) is 19.3 Å². The van der Waals surface area contributed by atoms with Gasteiger partial charge in [-0.15, -0.1) is 0 Å². The lowest BCUT2D eigenvalue weighted by molar-refractivity contribution is 0.574. The van der Waals surface area contributed by atoms with Crippen LogP contribution in [0.3, 0.4) is 0 Å². The van der Waals surface area contributed by atoms with Crippen molar-refractivity contribution in [2.75, 3.05) is 11.0 Å². The topological polar surface area (TPSA) is 64.0 Å². The highest BCUT2D eigenvalue weighted by Crippen LogP contribution is 2.06. The van der Waals surface area contributed by atoms with Crippen molar-refractivity contribution in [3.63, 3.8) is 0 Å². The lowest BCUT2D eigenvalue weighted by atomic mass is 10.2. The fraction of sp³-hybridized carbons (Fsp3) is 0.700. The number of hydrogen-bond acceptors (Lipinski definition) is 3. The Bertz CT molecular complexity index is 431. The Hall–Kier alpha value is -0.150. The van der Waals surface area contributed by atoms with Gasteiger partial charge in [0.05, 0.1) is 6.20 Å². The van der Waals surface area contributed by atoms with Crippen molar-refractivity contribution < 1.29 is 8.42 Å². The van der Waals surface area contributed by atoms with Crippen LogP contribution in [-0.4, -0.2) is 29.2 Å². The first-order valence-electron chi connectivity index (χ1n) is 5.60. The normalized spacial score (nSPS) is 11.9. The first-order valence-corrected chi connectivity index (χ1v) is 8.61. The van der Waals surface area contributed by atoms with Crippen LogP contribution in [0.1, 0.15) is 25.7 Å². The molecule has 0 fully saturated rings. The molecular weight excluding hydrogens is 353 g/mol. The molecule has 0 bridgehead atoms. The molecule has 5 nitrogen and oxygen atoms in total. The maximum absolute atomic E-state index is 11.8. The van der Waals surface area contributed by atoms with Crippen molar-refractivity contribution in [3.05, 3.63) is 12.4 Å². The predicted molar refractivity (Wildman–Crippen MR) is 75.8 cm³/mol. The second kappa shape index (κ2) is 7.32. The third-order valence-electron chi connectivity index (χ3n) is 2.34. The fourth-order valence-electron chi connectivity index (χ4n) is 1.40. The lowest BCUT2D eigenvalue weighted by Gasteiger charge is -2.04. The molecule has 0 atom stereocenters. The summed E-state index contributed by atoms with van der Waals surface area (Å²) in [4.78, 5) is 0.229. The highest BCUT2D eigenvalue weighted by molar-refractivity contribution is 14.1. The summed E-state index contributed by atoms with van der Waals surface area (Å²) in [6, 6.07) is 0. The minimum absolute atomic E-state index is 0.229. The molecule has 0 unspecified atom stereocenters. The molecule has 98 valence electrons. The molecule has 1 N–H and O–H groups in total. The van der Waals surface area contributed by atoms with Crippen LogP contribution in [0.15, 0.2) is 17.3 Å². The molecule has 0 aliphatic heterocycles. The second-order valence-electron chi connectivity index (χ2n) is 3.85. The number of nitrogens with zero attached hydrogens (tertiary/aromatic N) is 2. The molecule has 17 heavy (non-hydrogen) atoms. The van der Waals surface area contributed by atoms with Gasteiger partial charge in [-0.05, 0) is 17.3 Å². The highest BCUT2D eigenvalue weighted by Gasteiger charge is 2.14. The molecule has 0 radical (unpaired) electrons.